The minimum Gasteiger partial charge on any atom is -0.309 e. The van der Waals surface area contributed by atoms with Crippen LogP contribution in [0.15, 0.2) is 0 Å². The van der Waals surface area contributed by atoms with E-state index in [1.807, 2.05) is 0 Å². The molecule has 5 nitrogen and oxygen atoms in total. The SMILES string of the molecule is CN(C)CCBr.O=S(=O)(O)O. The lowest BCUT2D eigenvalue weighted by atomic mass is 10.7. The number of halogens is 1. The van der Waals surface area contributed by atoms with E-state index in [-0.39, 0.29) is 0 Å². The zero-order chi connectivity index (χ0) is 9.49. The maximum Gasteiger partial charge on any atom is 0.394 e. The van der Waals surface area contributed by atoms with Gasteiger partial charge in [-0.05, 0) is 14.1 Å². The molecule has 0 aromatic carbocycles. The van der Waals surface area contributed by atoms with E-state index >= 15 is 0 Å². The molecule has 11 heavy (non-hydrogen) atoms. The van der Waals surface area contributed by atoms with Crippen LogP contribution in [-0.4, -0.2) is 48.4 Å². The monoisotopic (exact) mass is 249 g/mol. The fraction of sp³-hybridized carbons (Fsp3) is 1.00. The average Bonchev–Trinajstić information content (AvgIpc) is 1.58. The normalized spacial score (nSPS) is 10.7. The first-order chi connectivity index (χ1) is 4.77. The number of rotatable bonds is 2. The van der Waals surface area contributed by atoms with Gasteiger partial charge in [0.25, 0.3) is 0 Å². The lowest BCUT2D eigenvalue weighted by Gasteiger charge is -2.03. The molecule has 0 unspecified atom stereocenters. The summed E-state index contributed by atoms with van der Waals surface area (Å²) >= 11 is 3.31. The molecule has 0 rings (SSSR count). The van der Waals surface area contributed by atoms with Gasteiger partial charge in [-0.1, -0.05) is 15.9 Å². The zero-order valence-electron chi connectivity index (χ0n) is 6.36. The summed E-state index contributed by atoms with van der Waals surface area (Å²) in [5.41, 5.74) is 0. The van der Waals surface area contributed by atoms with Crippen LogP contribution < -0.4 is 0 Å². The molecule has 0 amide bonds. The lowest BCUT2D eigenvalue weighted by molar-refractivity contribution is 0.381. The summed E-state index contributed by atoms with van der Waals surface area (Å²) in [4.78, 5) is 2.13. The molecule has 0 aliphatic heterocycles. The van der Waals surface area contributed by atoms with Crippen molar-refractivity contribution >= 4 is 26.3 Å². The van der Waals surface area contributed by atoms with Crippen molar-refractivity contribution in [1.29, 1.82) is 0 Å². The Kier molecular flexibility index (Phi) is 8.81. The molecular weight excluding hydrogens is 238 g/mol. The van der Waals surface area contributed by atoms with Crippen LogP contribution in [0.1, 0.15) is 0 Å². The molecule has 0 aromatic heterocycles. The smallest absolute Gasteiger partial charge is 0.309 e. The van der Waals surface area contributed by atoms with E-state index in [0.29, 0.717) is 0 Å². The first-order valence-electron chi connectivity index (χ1n) is 2.68. The van der Waals surface area contributed by atoms with E-state index < -0.39 is 10.4 Å². The third kappa shape index (κ3) is 65.0. The number of hydrogen-bond donors (Lipinski definition) is 2. The standard InChI is InChI=1S/C4H10BrN.H2O4S/c1-6(2)4-3-5;1-5(2,3)4/h3-4H2,1-2H3;(H2,1,2,3,4). The van der Waals surface area contributed by atoms with E-state index in [9.17, 15) is 0 Å². The Balaban J connectivity index is 0. The first-order valence-corrected chi connectivity index (χ1v) is 5.19. The third-order valence-electron chi connectivity index (χ3n) is 0.532. The van der Waals surface area contributed by atoms with Crippen molar-refractivity contribution in [3.05, 3.63) is 0 Å². The van der Waals surface area contributed by atoms with Crippen molar-refractivity contribution in [2.75, 3.05) is 26.0 Å². The van der Waals surface area contributed by atoms with Crippen LogP contribution in [0.2, 0.25) is 0 Å². The zero-order valence-corrected chi connectivity index (χ0v) is 8.76. The molecule has 2 N–H and O–H groups in total. The minimum absolute atomic E-state index is 1.07. The molecule has 7 heteroatoms. The van der Waals surface area contributed by atoms with Crippen molar-refractivity contribution in [3.8, 4) is 0 Å². The van der Waals surface area contributed by atoms with Crippen LogP contribution in [0.4, 0.5) is 0 Å². The third-order valence-corrected chi connectivity index (χ3v) is 0.886. The fourth-order valence-electron chi connectivity index (χ4n) is 0.169. The summed E-state index contributed by atoms with van der Waals surface area (Å²) in [5, 5.41) is 1.07. The van der Waals surface area contributed by atoms with Crippen LogP contribution in [0, 0.1) is 0 Å². The second-order valence-corrected chi connectivity index (χ2v) is 3.63. The highest BCUT2D eigenvalue weighted by molar-refractivity contribution is 9.09. The molecule has 0 radical (unpaired) electrons. The van der Waals surface area contributed by atoms with Gasteiger partial charge in [0.1, 0.15) is 0 Å². The van der Waals surface area contributed by atoms with Gasteiger partial charge in [0.05, 0.1) is 0 Å². The van der Waals surface area contributed by atoms with Crippen molar-refractivity contribution < 1.29 is 17.5 Å². The van der Waals surface area contributed by atoms with Gasteiger partial charge in [-0.25, -0.2) is 0 Å². The largest absolute Gasteiger partial charge is 0.394 e. The molecule has 0 atom stereocenters. The summed E-state index contributed by atoms with van der Waals surface area (Å²) < 4.78 is 31.6. The molecule has 0 aliphatic carbocycles. The van der Waals surface area contributed by atoms with Crippen molar-refractivity contribution in [2.45, 2.75) is 0 Å². The van der Waals surface area contributed by atoms with Crippen LogP contribution in [0.5, 0.6) is 0 Å². The maximum atomic E-state index is 8.74. The van der Waals surface area contributed by atoms with Crippen molar-refractivity contribution in [3.63, 3.8) is 0 Å². The lowest BCUT2D eigenvalue weighted by Crippen LogP contribution is -2.13. The van der Waals surface area contributed by atoms with E-state index in [1.165, 1.54) is 0 Å². The van der Waals surface area contributed by atoms with Crippen LogP contribution >= 0.6 is 15.9 Å². The average molecular weight is 250 g/mol. The summed E-state index contributed by atoms with van der Waals surface area (Å²) in [5.74, 6) is 0. The Hall–Kier alpha value is 0.310. The highest BCUT2D eigenvalue weighted by Crippen LogP contribution is 1.79. The maximum absolute atomic E-state index is 8.74. The Morgan fingerprint density at radius 1 is 1.36 bits per heavy atom. The van der Waals surface area contributed by atoms with Crippen molar-refractivity contribution in [2.24, 2.45) is 0 Å². The predicted octanol–water partition coefficient (Wildman–Crippen LogP) is 0.290. The van der Waals surface area contributed by atoms with Gasteiger partial charge in [0.2, 0.25) is 0 Å². The Bertz CT molecular complexity index is 159. The number of alkyl halides is 1. The molecule has 0 bridgehead atoms. The van der Waals surface area contributed by atoms with E-state index in [0.717, 1.165) is 11.9 Å². The van der Waals surface area contributed by atoms with Gasteiger partial charge in [0.15, 0.2) is 0 Å². The molecule has 0 aliphatic rings. The predicted molar refractivity (Wildman–Crippen MR) is 46.5 cm³/mol. The van der Waals surface area contributed by atoms with Gasteiger partial charge in [-0.3, -0.25) is 9.11 Å². The summed E-state index contributed by atoms with van der Waals surface area (Å²) in [7, 11) is -0.553. The Morgan fingerprint density at radius 3 is 1.64 bits per heavy atom. The molecule has 0 spiro atoms. The topological polar surface area (TPSA) is 77.8 Å². The van der Waals surface area contributed by atoms with Gasteiger partial charge >= 0.3 is 10.4 Å². The van der Waals surface area contributed by atoms with Crippen LogP contribution in [0.25, 0.3) is 0 Å². The number of hydrogen-bond acceptors (Lipinski definition) is 3. The first kappa shape index (κ1) is 13.9. The van der Waals surface area contributed by atoms with E-state index in [2.05, 4.69) is 34.9 Å². The van der Waals surface area contributed by atoms with Crippen molar-refractivity contribution in [1.82, 2.24) is 4.90 Å². The molecule has 0 saturated carbocycles. The highest BCUT2D eigenvalue weighted by Gasteiger charge is 1.84. The summed E-state index contributed by atoms with van der Waals surface area (Å²) in [6.45, 7) is 1.12. The molecule has 0 saturated heterocycles. The molecule has 70 valence electrons. The summed E-state index contributed by atoms with van der Waals surface area (Å²) in [6, 6.07) is 0. The Labute approximate surface area is 75.1 Å². The highest BCUT2D eigenvalue weighted by atomic mass is 79.9. The Morgan fingerprint density at radius 2 is 1.64 bits per heavy atom. The second kappa shape index (κ2) is 6.99. The second-order valence-electron chi connectivity index (χ2n) is 1.94. The van der Waals surface area contributed by atoms with Crippen LogP contribution in [-0.2, 0) is 10.4 Å². The van der Waals surface area contributed by atoms with Gasteiger partial charge in [0, 0.05) is 11.9 Å². The molecular formula is C4H12BrNO4S. The van der Waals surface area contributed by atoms with E-state index in [4.69, 9.17) is 17.5 Å². The summed E-state index contributed by atoms with van der Waals surface area (Å²) in [6.07, 6.45) is 0. The van der Waals surface area contributed by atoms with E-state index in [1.54, 1.807) is 0 Å². The molecule has 0 aromatic rings. The number of nitrogens with zero attached hydrogens (tertiary/aromatic N) is 1. The quantitative estimate of drug-likeness (QED) is 0.544. The fourth-order valence-corrected chi connectivity index (χ4v) is 0.878. The van der Waals surface area contributed by atoms with Crippen LogP contribution in [0.3, 0.4) is 0 Å². The van der Waals surface area contributed by atoms with Gasteiger partial charge in [-0.15, -0.1) is 0 Å². The minimum atomic E-state index is -4.67. The van der Waals surface area contributed by atoms with Gasteiger partial charge in [-0.2, -0.15) is 8.42 Å². The molecule has 0 heterocycles. The van der Waals surface area contributed by atoms with Gasteiger partial charge < -0.3 is 4.90 Å². The molecule has 0 fully saturated rings.